The Hall–Kier alpha value is -1.61. The van der Waals surface area contributed by atoms with Gasteiger partial charge < -0.3 is 9.47 Å². The molecule has 2 rings (SSSR count). The fraction of sp³-hybridized carbons (Fsp3) is 0.250. The molecular formula is C12H12O3. The van der Waals surface area contributed by atoms with E-state index < -0.39 is 5.60 Å². The van der Waals surface area contributed by atoms with Crippen LogP contribution in [0, 0.1) is 0 Å². The van der Waals surface area contributed by atoms with Crippen molar-refractivity contribution < 1.29 is 14.3 Å². The maximum Gasteiger partial charge on any atom is 0.345 e. The molecule has 1 aliphatic heterocycles. The lowest BCUT2D eigenvalue weighted by atomic mass is 9.90. The molecule has 0 aromatic heterocycles. The van der Waals surface area contributed by atoms with Crippen LogP contribution in [0.5, 0.6) is 0 Å². The molecular weight excluding hydrogens is 192 g/mol. The molecule has 1 aliphatic rings. The minimum Gasteiger partial charge on any atom is -0.436 e. The molecule has 15 heavy (non-hydrogen) atoms. The van der Waals surface area contributed by atoms with Gasteiger partial charge in [0.2, 0.25) is 0 Å². The van der Waals surface area contributed by atoms with Crippen LogP contribution < -0.4 is 0 Å². The van der Waals surface area contributed by atoms with Crippen molar-refractivity contribution in [2.24, 2.45) is 0 Å². The van der Waals surface area contributed by atoms with Crippen LogP contribution in [0.15, 0.2) is 43.0 Å². The first-order valence-corrected chi connectivity index (χ1v) is 4.77. The van der Waals surface area contributed by atoms with Crippen molar-refractivity contribution in [3.05, 3.63) is 48.6 Å². The summed E-state index contributed by atoms with van der Waals surface area (Å²) in [6, 6.07) is 9.35. The Morgan fingerprint density at radius 3 is 2.67 bits per heavy atom. The molecule has 1 fully saturated rings. The van der Waals surface area contributed by atoms with Gasteiger partial charge in [0.15, 0.2) is 12.4 Å². The zero-order chi connectivity index (χ0) is 10.7. The number of esters is 1. The van der Waals surface area contributed by atoms with Gasteiger partial charge in [0.05, 0.1) is 0 Å². The SMILES string of the molecule is C=CCC1(c2ccccc2)OCOC1=O. The summed E-state index contributed by atoms with van der Waals surface area (Å²) < 4.78 is 10.3. The van der Waals surface area contributed by atoms with Crippen LogP contribution in [0.4, 0.5) is 0 Å². The topological polar surface area (TPSA) is 35.5 Å². The number of ether oxygens (including phenoxy) is 2. The van der Waals surface area contributed by atoms with Gasteiger partial charge in [-0.15, -0.1) is 6.58 Å². The largest absolute Gasteiger partial charge is 0.436 e. The molecule has 0 aliphatic carbocycles. The molecule has 1 aromatic carbocycles. The Balaban J connectivity index is 2.43. The number of rotatable bonds is 3. The van der Waals surface area contributed by atoms with Crippen molar-refractivity contribution in [2.75, 3.05) is 6.79 Å². The lowest BCUT2D eigenvalue weighted by Crippen LogP contribution is -2.32. The Labute approximate surface area is 88.3 Å². The van der Waals surface area contributed by atoms with E-state index in [2.05, 4.69) is 6.58 Å². The predicted molar refractivity (Wildman–Crippen MR) is 55.0 cm³/mol. The maximum atomic E-state index is 11.7. The van der Waals surface area contributed by atoms with Crippen molar-refractivity contribution in [3.8, 4) is 0 Å². The summed E-state index contributed by atoms with van der Waals surface area (Å²) in [5, 5.41) is 0. The van der Waals surface area contributed by atoms with Gasteiger partial charge in [0.25, 0.3) is 0 Å². The third-order valence-corrected chi connectivity index (χ3v) is 2.50. The summed E-state index contributed by atoms with van der Waals surface area (Å²) in [6.07, 6.45) is 2.09. The van der Waals surface area contributed by atoms with E-state index in [1.54, 1.807) is 6.08 Å². The molecule has 1 aromatic rings. The van der Waals surface area contributed by atoms with E-state index in [1.807, 2.05) is 30.3 Å². The van der Waals surface area contributed by atoms with Gasteiger partial charge in [-0.05, 0) is 5.56 Å². The van der Waals surface area contributed by atoms with Crippen LogP contribution in [0.3, 0.4) is 0 Å². The Morgan fingerprint density at radius 2 is 2.13 bits per heavy atom. The van der Waals surface area contributed by atoms with E-state index in [1.165, 1.54) is 0 Å². The van der Waals surface area contributed by atoms with E-state index >= 15 is 0 Å². The zero-order valence-electron chi connectivity index (χ0n) is 8.31. The molecule has 1 saturated heterocycles. The number of cyclic esters (lactones) is 1. The van der Waals surface area contributed by atoms with E-state index in [-0.39, 0.29) is 12.8 Å². The van der Waals surface area contributed by atoms with E-state index in [9.17, 15) is 4.79 Å². The Bertz CT molecular complexity index is 372. The molecule has 0 radical (unpaired) electrons. The monoisotopic (exact) mass is 204 g/mol. The minimum absolute atomic E-state index is 0.0154. The summed E-state index contributed by atoms with van der Waals surface area (Å²) in [5.74, 6) is -0.339. The second kappa shape index (κ2) is 3.87. The van der Waals surface area contributed by atoms with Crippen LogP contribution in [0.2, 0.25) is 0 Å². The highest BCUT2D eigenvalue weighted by Gasteiger charge is 2.46. The third kappa shape index (κ3) is 1.55. The van der Waals surface area contributed by atoms with Gasteiger partial charge in [-0.2, -0.15) is 0 Å². The maximum absolute atomic E-state index is 11.7. The quantitative estimate of drug-likeness (QED) is 0.558. The lowest BCUT2D eigenvalue weighted by molar-refractivity contribution is -0.144. The van der Waals surface area contributed by atoms with Crippen molar-refractivity contribution in [2.45, 2.75) is 12.0 Å². The second-order valence-corrected chi connectivity index (χ2v) is 3.38. The fourth-order valence-electron chi connectivity index (χ4n) is 1.73. The van der Waals surface area contributed by atoms with Gasteiger partial charge >= 0.3 is 5.97 Å². The molecule has 78 valence electrons. The molecule has 3 nitrogen and oxygen atoms in total. The minimum atomic E-state index is -0.983. The number of benzene rings is 1. The molecule has 0 saturated carbocycles. The molecule has 0 amide bonds. The third-order valence-electron chi connectivity index (χ3n) is 2.50. The molecule has 3 heteroatoms. The highest BCUT2D eigenvalue weighted by Crippen LogP contribution is 2.35. The van der Waals surface area contributed by atoms with Gasteiger partial charge in [-0.3, -0.25) is 0 Å². The second-order valence-electron chi connectivity index (χ2n) is 3.38. The number of hydrogen-bond acceptors (Lipinski definition) is 3. The van der Waals surface area contributed by atoms with Gasteiger partial charge in [-0.25, -0.2) is 4.79 Å². The van der Waals surface area contributed by atoms with Crippen molar-refractivity contribution in [1.82, 2.24) is 0 Å². The molecule has 0 bridgehead atoms. The van der Waals surface area contributed by atoms with Gasteiger partial charge in [-0.1, -0.05) is 36.4 Å². The molecule has 1 unspecified atom stereocenters. The zero-order valence-corrected chi connectivity index (χ0v) is 8.31. The van der Waals surface area contributed by atoms with Gasteiger partial charge in [0, 0.05) is 6.42 Å². The first-order valence-electron chi connectivity index (χ1n) is 4.77. The average molecular weight is 204 g/mol. The summed E-state index contributed by atoms with van der Waals surface area (Å²) in [4.78, 5) is 11.7. The van der Waals surface area contributed by atoms with Crippen LogP contribution in [0.25, 0.3) is 0 Å². The molecule has 1 atom stereocenters. The summed E-state index contributed by atoms with van der Waals surface area (Å²) in [5.41, 5.74) is -0.171. The van der Waals surface area contributed by atoms with E-state index in [4.69, 9.17) is 9.47 Å². The molecule has 0 N–H and O–H groups in total. The smallest absolute Gasteiger partial charge is 0.345 e. The van der Waals surface area contributed by atoms with Crippen LogP contribution in [0.1, 0.15) is 12.0 Å². The van der Waals surface area contributed by atoms with Crippen LogP contribution in [-0.4, -0.2) is 12.8 Å². The summed E-state index contributed by atoms with van der Waals surface area (Å²) in [7, 11) is 0. The molecule has 0 spiro atoms. The van der Waals surface area contributed by atoms with E-state index in [0.717, 1.165) is 5.56 Å². The highest BCUT2D eigenvalue weighted by atomic mass is 16.7. The summed E-state index contributed by atoms with van der Waals surface area (Å²) >= 11 is 0. The van der Waals surface area contributed by atoms with E-state index in [0.29, 0.717) is 6.42 Å². The van der Waals surface area contributed by atoms with Crippen LogP contribution >= 0.6 is 0 Å². The van der Waals surface area contributed by atoms with Gasteiger partial charge in [0.1, 0.15) is 0 Å². The average Bonchev–Trinajstić information content (AvgIpc) is 2.63. The fourth-order valence-corrected chi connectivity index (χ4v) is 1.73. The first-order chi connectivity index (χ1) is 7.29. The molecule has 1 heterocycles. The number of carbonyl (C=O) groups excluding carboxylic acids is 1. The first kappa shape index (κ1) is 9.93. The Kier molecular flexibility index (Phi) is 2.56. The number of carbonyl (C=O) groups is 1. The highest BCUT2D eigenvalue weighted by molar-refractivity contribution is 5.82. The predicted octanol–water partition coefficient (Wildman–Crippen LogP) is 1.99. The summed E-state index contributed by atoms with van der Waals surface area (Å²) in [6.45, 7) is 3.66. The van der Waals surface area contributed by atoms with Crippen molar-refractivity contribution in [1.29, 1.82) is 0 Å². The Morgan fingerprint density at radius 1 is 1.40 bits per heavy atom. The lowest BCUT2D eigenvalue weighted by Gasteiger charge is -2.22. The standard InChI is InChI=1S/C12H12O3/c1-2-8-12(11(13)14-9-15-12)10-6-4-3-5-7-10/h2-7H,1,8-9H2. The van der Waals surface area contributed by atoms with Crippen molar-refractivity contribution >= 4 is 5.97 Å². The number of hydrogen-bond donors (Lipinski definition) is 0. The van der Waals surface area contributed by atoms with Crippen molar-refractivity contribution in [3.63, 3.8) is 0 Å². The van der Waals surface area contributed by atoms with Crippen LogP contribution in [-0.2, 0) is 19.9 Å². The normalized spacial score (nSPS) is 24.9.